The number of thiophene rings is 1. The molecule has 2 nitrogen and oxygen atoms in total. The summed E-state index contributed by atoms with van der Waals surface area (Å²) in [6.45, 7) is 4.07. The number of halogens is 1. The number of rotatable bonds is 1. The standard InChI is InChI=1S/C11H11IO2S/c1-7(2)4-5-8-6-9(12)10(15-8)11(13)14-3/h6-7H,1-3H3. The first-order chi connectivity index (χ1) is 7.04. The van der Waals surface area contributed by atoms with Crippen molar-refractivity contribution in [3.8, 4) is 11.8 Å². The van der Waals surface area contributed by atoms with E-state index < -0.39 is 0 Å². The van der Waals surface area contributed by atoms with Crippen LogP contribution in [-0.4, -0.2) is 13.1 Å². The second kappa shape index (κ2) is 5.52. The summed E-state index contributed by atoms with van der Waals surface area (Å²) in [5, 5.41) is 0. The Balaban J connectivity index is 2.97. The highest BCUT2D eigenvalue weighted by atomic mass is 127. The maximum Gasteiger partial charge on any atom is 0.349 e. The van der Waals surface area contributed by atoms with E-state index in [1.165, 1.54) is 18.4 Å². The predicted molar refractivity (Wildman–Crippen MR) is 70.1 cm³/mol. The fourth-order valence-electron chi connectivity index (χ4n) is 0.878. The molecule has 0 radical (unpaired) electrons. The van der Waals surface area contributed by atoms with Crippen molar-refractivity contribution in [3.63, 3.8) is 0 Å². The minimum Gasteiger partial charge on any atom is -0.465 e. The zero-order valence-electron chi connectivity index (χ0n) is 8.76. The number of carbonyl (C=O) groups excluding carboxylic acids is 1. The van der Waals surface area contributed by atoms with Crippen molar-refractivity contribution in [1.29, 1.82) is 0 Å². The summed E-state index contributed by atoms with van der Waals surface area (Å²) in [6.07, 6.45) is 0. The van der Waals surface area contributed by atoms with Crippen LogP contribution in [-0.2, 0) is 4.74 Å². The molecule has 0 fully saturated rings. The van der Waals surface area contributed by atoms with Gasteiger partial charge in [-0.05, 0) is 28.7 Å². The molecule has 1 aromatic rings. The zero-order chi connectivity index (χ0) is 11.4. The molecule has 0 amide bonds. The number of methoxy groups -OCH3 is 1. The number of hydrogen-bond acceptors (Lipinski definition) is 3. The van der Waals surface area contributed by atoms with Crippen LogP contribution in [0.1, 0.15) is 28.4 Å². The van der Waals surface area contributed by atoms with Crippen LogP contribution in [0.15, 0.2) is 6.07 Å². The first kappa shape index (κ1) is 12.5. The molecule has 15 heavy (non-hydrogen) atoms. The van der Waals surface area contributed by atoms with Crippen molar-refractivity contribution in [1.82, 2.24) is 0 Å². The third-order valence-corrected chi connectivity index (χ3v) is 3.79. The van der Waals surface area contributed by atoms with E-state index in [0.717, 1.165) is 8.45 Å². The second-order valence-electron chi connectivity index (χ2n) is 3.20. The van der Waals surface area contributed by atoms with Crippen LogP contribution in [0, 0.1) is 21.3 Å². The summed E-state index contributed by atoms with van der Waals surface area (Å²) in [7, 11) is 1.39. The van der Waals surface area contributed by atoms with Crippen LogP contribution in [0.3, 0.4) is 0 Å². The Kier molecular flexibility index (Phi) is 4.61. The molecule has 0 aromatic carbocycles. The van der Waals surface area contributed by atoms with Gasteiger partial charge in [-0.1, -0.05) is 25.7 Å². The van der Waals surface area contributed by atoms with Gasteiger partial charge in [0.1, 0.15) is 4.88 Å². The number of ether oxygens (including phenoxy) is 1. The summed E-state index contributed by atoms with van der Waals surface area (Å²) in [6, 6.07) is 1.91. The van der Waals surface area contributed by atoms with Crippen LogP contribution >= 0.6 is 33.9 Å². The monoisotopic (exact) mass is 334 g/mol. The maximum absolute atomic E-state index is 11.3. The van der Waals surface area contributed by atoms with Gasteiger partial charge in [-0.25, -0.2) is 4.79 Å². The van der Waals surface area contributed by atoms with Gasteiger partial charge in [0, 0.05) is 9.49 Å². The van der Waals surface area contributed by atoms with E-state index in [1.54, 1.807) is 0 Å². The van der Waals surface area contributed by atoms with E-state index in [9.17, 15) is 4.79 Å². The molecule has 0 spiro atoms. The third-order valence-electron chi connectivity index (χ3n) is 1.54. The van der Waals surface area contributed by atoms with Gasteiger partial charge in [0.05, 0.1) is 12.0 Å². The molecule has 0 saturated heterocycles. The third kappa shape index (κ3) is 3.50. The largest absolute Gasteiger partial charge is 0.465 e. The van der Waals surface area contributed by atoms with Gasteiger partial charge < -0.3 is 4.74 Å². The van der Waals surface area contributed by atoms with E-state index in [4.69, 9.17) is 0 Å². The molecule has 1 aromatic heterocycles. The fraction of sp³-hybridized carbons (Fsp3) is 0.364. The maximum atomic E-state index is 11.3. The molecular formula is C11H11IO2S. The SMILES string of the molecule is COC(=O)c1sc(C#CC(C)C)cc1I. The van der Waals surface area contributed by atoms with Crippen molar-refractivity contribution in [2.24, 2.45) is 5.92 Å². The first-order valence-electron chi connectivity index (χ1n) is 4.43. The van der Waals surface area contributed by atoms with Crippen molar-refractivity contribution >= 4 is 39.9 Å². The van der Waals surface area contributed by atoms with Crippen LogP contribution in [0.25, 0.3) is 0 Å². The normalized spacial score (nSPS) is 9.67. The summed E-state index contributed by atoms with van der Waals surface area (Å²) in [5.74, 6) is 6.15. The van der Waals surface area contributed by atoms with Gasteiger partial charge in [0.2, 0.25) is 0 Å². The van der Waals surface area contributed by atoms with Crippen molar-refractivity contribution in [2.75, 3.05) is 7.11 Å². The van der Waals surface area contributed by atoms with Gasteiger partial charge in [0.25, 0.3) is 0 Å². The second-order valence-corrected chi connectivity index (χ2v) is 5.42. The molecule has 0 unspecified atom stereocenters. The highest BCUT2D eigenvalue weighted by Gasteiger charge is 2.13. The van der Waals surface area contributed by atoms with Crippen molar-refractivity contribution in [2.45, 2.75) is 13.8 Å². The van der Waals surface area contributed by atoms with Crippen molar-refractivity contribution in [3.05, 3.63) is 19.4 Å². The Labute approximate surface area is 107 Å². The van der Waals surface area contributed by atoms with E-state index >= 15 is 0 Å². The topological polar surface area (TPSA) is 26.3 Å². The van der Waals surface area contributed by atoms with Crippen LogP contribution in [0.2, 0.25) is 0 Å². The average molecular weight is 334 g/mol. The van der Waals surface area contributed by atoms with E-state index in [0.29, 0.717) is 10.8 Å². The number of hydrogen-bond donors (Lipinski definition) is 0. The molecule has 0 bridgehead atoms. The molecule has 0 aliphatic rings. The lowest BCUT2D eigenvalue weighted by molar-refractivity contribution is 0.0605. The van der Waals surface area contributed by atoms with Crippen molar-refractivity contribution < 1.29 is 9.53 Å². The molecule has 4 heteroatoms. The Morgan fingerprint density at radius 3 is 2.80 bits per heavy atom. The lowest BCUT2D eigenvalue weighted by Crippen LogP contribution is -1.99. The Morgan fingerprint density at radius 1 is 1.60 bits per heavy atom. The molecule has 0 aliphatic carbocycles. The molecule has 80 valence electrons. The van der Waals surface area contributed by atoms with E-state index in [2.05, 4.69) is 39.2 Å². The van der Waals surface area contributed by atoms with Gasteiger partial charge in [-0.3, -0.25) is 0 Å². The summed E-state index contributed by atoms with van der Waals surface area (Å²) < 4.78 is 5.57. The lowest BCUT2D eigenvalue weighted by atomic mass is 10.2. The average Bonchev–Trinajstić information content (AvgIpc) is 2.55. The van der Waals surface area contributed by atoms with Gasteiger partial charge in [0.15, 0.2) is 0 Å². The smallest absolute Gasteiger partial charge is 0.349 e. The molecule has 0 atom stereocenters. The summed E-state index contributed by atoms with van der Waals surface area (Å²) in [4.78, 5) is 12.9. The van der Waals surface area contributed by atoms with E-state index in [1.807, 2.05) is 19.9 Å². The molecular weight excluding hydrogens is 323 g/mol. The quantitative estimate of drug-likeness (QED) is 0.448. The molecule has 0 saturated carbocycles. The summed E-state index contributed by atoms with van der Waals surface area (Å²) >= 11 is 3.50. The Hall–Kier alpha value is -0.540. The molecule has 1 heterocycles. The minimum atomic E-state index is -0.290. The molecule has 1 rings (SSSR count). The lowest BCUT2D eigenvalue weighted by Gasteiger charge is -1.93. The first-order valence-corrected chi connectivity index (χ1v) is 6.33. The summed E-state index contributed by atoms with van der Waals surface area (Å²) in [5.41, 5.74) is 0. The Morgan fingerprint density at radius 2 is 2.27 bits per heavy atom. The number of esters is 1. The van der Waals surface area contributed by atoms with Gasteiger partial charge in [-0.2, -0.15) is 0 Å². The van der Waals surface area contributed by atoms with Crippen LogP contribution < -0.4 is 0 Å². The zero-order valence-corrected chi connectivity index (χ0v) is 11.7. The predicted octanol–water partition coefficient (Wildman–Crippen LogP) is 3.15. The van der Waals surface area contributed by atoms with Crippen LogP contribution in [0.4, 0.5) is 0 Å². The molecule has 0 N–H and O–H groups in total. The number of carbonyl (C=O) groups is 1. The highest BCUT2D eigenvalue weighted by Crippen LogP contribution is 2.24. The van der Waals surface area contributed by atoms with Gasteiger partial charge in [-0.15, -0.1) is 11.3 Å². The minimum absolute atomic E-state index is 0.290. The van der Waals surface area contributed by atoms with Crippen LogP contribution in [0.5, 0.6) is 0 Å². The Bertz CT molecular complexity index is 424. The van der Waals surface area contributed by atoms with Gasteiger partial charge >= 0.3 is 5.97 Å². The molecule has 0 aliphatic heterocycles. The van der Waals surface area contributed by atoms with E-state index in [-0.39, 0.29) is 5.97 Å². The highest BCUT2D eigenvalue weighted by molar-refractivity contribution is 14.1. The fourth-order valence-corrected chi connectivity index (χ4v) is 2.78.